The summed E-state index contributed by atoms with van der Waals surface area (Å²) in [6.45, 7) is 3.23. The van der Waals surface area contributed by atoms with Gasteiger partial charge in [-0.25, -0.2) is 0 Å². The summed E-state index contributed by atoms with van der Waals surface area (Å²) >= 11 is 0. The standard InChI is InChI=1S/C16H24O5/c1-11-13(4-6-17)14(15(18)21-11)9-12-3-2-5-16(10-12)19-7-8-20-16/h6,11-14H,2-5,7-10H2,1H3/t11-,12?,13?,14?/m1/s1. The van der Waals surface area contributed by atoms with Gasteiger partial charge in [-0.2, -0.15) is 0 Å². The fourth-order valence-electron chi connectivity index (χ4n) is 4.22. The van der Waals surface area contributed by atoms with Gasteiger partial charge in [0.25, 0.3) is 0 Å². The first-order valence-electron chi connectivity index (χ1n) is 8.05. The summed E-state index contributed by atoms with van der Waals surface area (Å²) in [5, 5.41) is 0. The number of carbonyl (C=O) groups is 2. The van der Waals surface area contributed by atoms with Crippen LogP contribution in [0.15, 0.2) is 0 Å². The zero-order chi connectivity index (χ0) is 14.9. The van der Waals surface area contributed by atoms with Crippen LogP contribution in [0, 0.1) is 17.8 Å². The summed E-state index contributed by atoms with van der Waals surface area (Å²) in [6.07, 6.45) is 5.93. The van der Waals surface area contributed by atoms with Gasteiger partial charge in [0.15, 0.2) is 5.79 Å². The number of esters is 1. The van der Waals surface area contributed by atoms with Crippen LogP contribution in [0.5, 0.6) is 0 Å². The smallest absolute Gasteiger partial charge is 0.309 e. The molecule has 3 aliphatic rings. The molecule has 1 saturated carbocycles. The molecule has 0 bridgehead atoms. The highest BCUT2D eigenvalue weighted by atomic mass is 16.7. The molecule has 3 unspecified atom stereocenters. The first kappa shape index (κ1) is 15.0. The first-order valence-corrected chi connectivity index (χ1v) is 8.05. The van der Waals surface area contributed by atoms with Crippen LogP contribution in [0.1, 0.15) is 45.4 Å². The van der Waals surface area contributed by atoms with Crippen LogP contribution in [-0.4, -0.2) is 37.4 Å². The quantitative estimate of drug-likeness (QED) is 0.587. The van der Waals surface area contributed by atoms with E-state index in [1.807, 2.05) is 6.92 Å². The molecule has 5 nitrogen and oxygen atoms in total. The number of hydrogen-bond donors (Lipinski definition) is 0. The zero-order valence-electron chi connectivity index (χ0n) is 12.6. The van der Waals surface area contributed by atoms with Crippen LogP contribution in [0.25, 0.3) is 0 Å². The van der Waals surface area contributed by atoms with Crippen molar-refractivity contribution in [2.45, 2.75) is 57.3 Å². The van der Waals surface area contributed by atoms with Crippen molar-refractivity contribution in [3.63, 3.8) is 0 Å². The molecule has 2 saturated heterocycles. The molecule has 0 N–H and O–H groups in total. The molecule has 4 atom stereocenters. The van der Waals surface area contributed by atoms with Gasteiger partial charge in [-0.15, -0.1) is 0 Å². The van der Waals surface area contributed by atoms with Crippen LogP contribution < -0.4 is 0 Å². The minimum atomic E-state index is -0.406. The van der Waals surface area contributed by atoms with Gasteiger partial charge in [-0.3, -0.25) is 4.79 Å². The van der Waals surface area contributed by atoms with E-state index in [4.69, 9.17) is 14.2 Å². The average molecular weight is 296 g/mol. The predicted molar refractivity (Wildman–Crippen MR) is 74.4 cm³/mol. The van der Waals surface area contributed by atoms with Crippen molar-refractivity contribution in [2.75, 3.05) is 13.2 Å². The topological polar surface area (TPSA) is 61.8 Å². The Kier molecular flexibility index (Phi) is 4.31. The highest BCUT2D eigenvalue weighted by Crippen LogP contribution is 2.44. The van der Waals surface area contributed by atoms with E-state index in [-0.39, 0.29) is 23.9 Å². The van der Waals surface area contributed by atoms with E-state index < -0.39 is 5.79 Å². The Hall–Kier alpha value is -0.940. The molecule has 0 aromatic carbocycles. The maximum absolute atomic E-state index is 12.1. The lowest BCUT2D eigenvalue weighted by atomic mass is 9.75. The van der Waals surface area contributed by atoms with Crippen molar-refractivity contribution < 1.29 is 23.8 Å². The maximum Gasteiger partial charge on any atom is 0.309 e. The van der Waals surface area contributed by atoms with Gasteiger partial charge in [-0.05, 0) is 25.7 Å². The number of ether oxygens (including phenoxy) is 3. The number of cyclic esters (lactones) is 1. The molecule has 2 aliphatic heterocycles. The minimum Gasteiger partial charge on any atom is -0.462 e. The SMILES string of the molecule is C[C@H]1OC(=O)C(CC2CCCC3(C2)OCCO3)C1CC=O. The fraction of sp³-hybridized carbons (Fsp3) is 0.875. The molecular formula is C16H24O5. The van der Waals surface area contributed by atoms with Crippen molar-refractivity contribution in [3.8, 4) is 0 Å². The van der Waals surface area contributed by atoms with Crippen molar-refractivity contribution in [3.05, 3.63) is 0 Å². The van der Waals surface area contributed by atoms with E-state index in [1.165, 1.54) is 0 Å². The van der Waals surface area contributed by atoms with Crippen molar-refractivity contribution in [1.29, 1.82) is 0 Å². The van der Waals surface area contributed by atoms with Crippen LogP contribution in [0.2, 0.25) is 0 Å². The van der Waals surface area contributed by atoms with E-state index >= 15 is 0 Å². The monoisotopic (exact) mass is 296 g/mol. The molecule has 21 heavy (non-hydrogen) atoms. The van der Waals surface area contributed by atoms with Gasteiger partial charge in [0.05, 0.1) is 19.1 Å². The van der Waals surface area contributed by atoms with Gasteiger partial charge >= 0.3 is 5.97 Å². The molecule has 3 rings (SSSR count). The second-order valence-electron chi connectivity index (χ2n) is 6.62. The number of hydrogen-bond acceptors (Lipinski definition) is 5. The van der Waals surface area contributed by atoms with Crippen LogP contribution in [0.3, 0.4) is 0 Å². The molecule has 2 heterocycles. The van der Waals surface area contributed by atoms with Crippen LogP contribution in [-0.2, 0) is 23.8 Å². The number of rotatable bonds is 4. The Morgan fingerprint density at radius 1 is 1.33 bits per heavy atom. The molecule has 1 aliphatic carbocycles. The lowest BCUT2D eigenvalue weighted by Crippen LogP contribution is -2.37. The van der Waals surface area contributed by atoms with E-state index in [0.717, 1.165) is 38.4 Å². The molecule has 0 radical (unpaired) electrons. The molecule has 1 spiro atoms. The second kappa shape index (κ2) is 6.05. The summed E-state index contributed by atoms with van der Waals surface area (Å²) in [7, 11) is 0. The zero-order valence-corrected chi connectivity index (χ0v) is 12.6. The molecule has 0 aromatic heterocycles. The Morgan fingerprint density at radius 3 is 2.81 bits per heavy atom. The van der Waals surface area contributed by atoms with Crippen molar-refractivity contribution in [2.24, 2.45) is 17.8 Å². The maximum atomic E-state index is 12.1. The summed E-state index contributed by atoms with van der Waals surface area (Å²) in [5.41, 5.74) is 0. The summed E-state index contributed by atoms with van der Waals surface area (Å²) in [6, 6.07) is 0. The molecule has 0 aromatic rings. The Bertz CT molecular complexity index is 401. The second-order valence-corrected chi connectivity index (χ2v) is 6.62. The van der Waals surface area contributed by atoms with Crippen LogP contribution in [0.4, 0.5) is 0 Å². The van der Waals surface area contributed by atoms with Gasteiger partial charge in [0, 0.05) is 25.2 Å². The Morgan fingerprint density at radius 2 is 2.10 bits per heavy atom. The van der Waals surface area contributed by atoms with Gasteiger partial charge in [0.1, 0.15) is 12.4 Å². The third kappa shape index (κ3) is 2.99. The lowest BCUT2D eigenvalue weighted by molar-refractivity contribution is -0.188. The van der Waals surface area contributed by atoms with E-state index in [0.29, 0.717) is 25.6 Å². The van der Waals surface area contributed by atoms with Gasteiger partial charge < -0.3 is 19.0 Å². The predicted octanol–water partition coefficient (Wildman–Crippen LogP) is 2.08. The molecule has 5 heteroatoms. The van der Waals surface area contributed by atoms with Gasteiger partial charge in [0.2, 0.25) is 0 Å². The average Bonchev–Trinajstić information content (AvgIpc) is 2.99. The minimum absolute atomic E-state index is 0.0262. The van der Waals surface area contributed by atoms with Crippen molar-refractivity contribution >= 4 is 12.3 Å². The lowest BCUT2D eigenvalue weighted by Gasteiger charge is -2.37. The summed E-state index contributed by atoms with van der Waals surface area (Å²) in [4.78, 5) is 22.9. The molecule has 118 valence electrons. The first-order chi connectivity index (χ1) is 10.1. The fourth-order valence-corrected chi connectivity index (χ4v) is 4.22. The highest BCUT2D eigenvalue weighted by molar-refractivity contribution is 5.76. The number of aldehydes is 1. The largest absolute Gasteiger partial charge is 0.462 e. The normalized spacial score (nSPS) is 38.6. The van der Waals surface area contributed by atoms with E-state index in [9.17, 15) is 9.59 Å². The van der Waals surface area contributed by atoms with Gasteiger partial charge in [-0.1, -0.05) is 6.42 Å². The van der Waals surface area contributed by atoms with Crippen LogP contribution >= 0.6 is 0 Å². The summed E-state index contributed by atoms with van der Waals surface area (Å²) in [5.74, 6) is -0.252. The van der Waals surface area contributed by atoms with Crippen molar-refractivity contribution in [1.82, 2.24) is 0 Å². The third-order valence-corrected chi connectivity index (χ3v) is 5.26. The molecule has 3 fully saturated rings. The van der Waals surface area contributed by atoms with E-state index in [1.54, 1.807) is 0 Å². The molecular weight excluding hydrogens is 272 g/mol. The Balaban J connectivity index is 1.64. The highest BCUT2D eigenvalue weighted by Gasteiger charge is 2.46. The third-order valence-electron chi connectivity index (χ3n) is 5.26. The summed E-state index contributed by atoms with van der Waals surface area (Å²) < 4.78 is 16.9. The number of carbonyl (C=O) groups excluding carboxylic acids is 2. The Labute approximate surface area is 125 Å². The molecule has 0 amide bonds. The van der Waals surface area contributed by atoms with E-state index in [2.05, 4.69) is 0 Å².